The van der Waals surface area contributed by atoms with E-state index in [1.165, 1.54) is 0 Å². The van der Waals surface area contributed by atoms with Crippen molar-refractivity contribution in [2.24, 2.45) is 0 Å². The fourth-order valence-corrected chi connectivity index (χ4v) is 2.60. The summed E-state index contributed by atoms with van der Waals surface area (Å²) in [6, 6.07) is 7.79. The second-order valence-electron chi connectivity index (χ2n) is 5.89. The van der Waals surface area contributed by atoms with Crippen LogP contribution in [0.15, 0.2) is 24.3 Å². The van der Waals surface area contributed by atoms with Gasteiger partial charge in [0.1, 0.15) is 11.9 Å². The number of urea groups is 1. The van der Waals surface area contributed by atoms with Gasteiger partial charge in [-0.15, -0.1) is 0 Å². The molecule has 0 bridgehead atoms. The maximum Gasteiger partial charge on any atom is 0.317 e. The van der Waals surface area contributed by atoms with Gasteiger partial charge in [0.25, 0.3) is 0 Å². The van der Waals surface area contributed by atoms with Crippen LogP contribution in [0.4, 0.5) is 4.79 Å². The summed E-state index contributed by atoms with van der Waals surface area (Å²) in [4.78, 5) is 13.8. The molecule has 1 aliphatic heterocycles. The molecule has 22 heavy (non-hydrogen) atoms. The summed E-state index contributed by atoms with van der Waals surface area (Å²) in [6.07, 6.45) is 1.99. The highest BCUT2D eigenvalue weighted by Crippen LogP contribution is 2.15. The van der Waals surface area contributed by atoms with Gasteiger partial charge in [-0.3, -0.25) is 0 Å². The van der Waals surface area contributed by atoms with Crippen LogP contribution in [-0.2, 0) is 0 Å². The van der Waals surface area contributed by atoms with Crippen molar-refractivity contribution in [2.45, 2.75) is 45.3 Å². The highest BCUT2D eigenvalue weighted by Gasteiger charge is 2.22. The lowest BCUT2D eigenvalue weighted by Crippen LogP contribution is -2.49. The molecular weight excluding hydrogens is 280 g/mol. The smallest absolute Gasteiger partial charge is 0.317 e. The van der Waals surface area contributed by atoms with Crippen LogP contribution < -0.4 is 10.1 Å². The molecule has 1 saturated heterocycles. The number of rotatable bonds is 5. The molecular formula is C17H26N2O3. The molecule has 0 spiro atoms. The number of nitrogens with one attached hydrogen (secondary N) is 1. The summed E-state index contributed by atoms with van der Waals surface area (Å²) >= 11 is 0. The van der Waals surface area contributed by atoms with E-state index in [9.17, 15) is 9.90 Å². The topological polar surface area (TPSA) is 61.8 Å². The summed E-state index contributed by atoms with van der Waals surface area (Å²) in [5, 5.41) is 12.5. The number of nitrogens with zero attached hydrogens (tertiary/aromatic N) is 1. The lowest BCUT2D eigenvalue weighted by molar-refractivity contribution is 0.0829. The summed E-state index contributed by atoms with van der Waals surface area (Å²) in [7, 11) is 0. The molecule has 5 nitrogen and oxygen atoms in total. The van der Waals surface area contributed by atoms with E-state index in [0.29, 0.717) is 19.6 Å². The Morgan fingerprint density at radius 3 is 3.05 bits per heavy atom. The number of β-amino-alcohol motifs (C(OH)–C–C–N with tert-alkyl or cyclic N) is 1. The maximum atomic E-state index is 12.1. The van der Waals surface area contributed by atoms with E-state index in [1.807, 2.05) is 38.1 Å². The molecule has 122 valence electrons. The molecule has 0 saturated carbocycles. The highest BCUT2D eigenvalue weighted by molar-refractivity contribution is 5.74. The second-order valence-corrected chi connectivity index (χ2v) is 5.89. The lowest BCUT2D eigenvalue weighted by Gasteiger charge is -2.30. The normalized spacial score (nSPS) is 19.6. The Hall–Kier alpha value is -1.75. The molecule has 2 N–H and O–H groups in total. The molecule has 1 aromatic carbocycles. The van der Waals surface area contributed by atoms with Gasteiger partial charge in [-0.2, -0.15) is 0 Å². The number of carbonyl (C=O) groups is 1. The average molecular weight is 306 g/mol. The number of piperidine rings is 1. The zero-order valence-electron chi connectivity index (χ0n) is 13.4. The van der Waals surface area contributed by atoms with Gasteiger partial charge in [-0.25, -0.2) is 4.79 Å². The van der Waals surface area contributed by atoms with Gasteiger partial charge in [-0.05, 0) is 43.9 Å². The third-order valence-electron chi connectivity index (χ3n) is 3.91. The zero-order valence-corrected chi connectivity index (χ0v) is 13.4. The number of ether oxygens (including phenoxy) is 1. The number of aliphatic hydroxyl groups is 1. The van der Waals surface area contributed by atoms with E-state index in [1.54, 1.807) is 4.90 Å². The standard InChI is InChI=1S/C17H26N2O3/c1-3-15(22-16-8-4-6-13(2)10-16)11-18-17(21)19-9-5-7-14(20)12-19/h4,6,8,10,14-15,20H,3,5,7,9,11-12H2,1-2H3,(H,18,21)/t14-,15+/m0/s1. The van der Waals surface area contributed by atoms with Gasteiger partial charge in [0.05, 0.1) is 12.6 Å². The van der Waals surface area contributed by atoms with Crippen LogP contribution in [0.3, 0.4) is 0 Å². The molecule has 1 heterocycles. The van der Waals surface area contributed by atoms with Gasteiger partial charge in [0, 0.05) is 13.1 Å². The number of aryl methyl sites for hydroxylation is 1. The van der Waals surface area contributed by atoms with E-state index in [2.05, 4.69) is 5.32 Å². The molecule has 0 radical (unpaired) electrons. The van der Waals surface area contributed by atoms with Crippen LogP contribution in [-0.4, -0.2) is 47.9 Å². The SMILES string of the molecule is CC[C@H](CNC(=O)N1CCC[C@H](O)C1)Oc1cccc(C)c1. The van der Waals surface area contributed by atoms with E-state index in [0.717, 1.165) is 30.6 Å². The lowest BCUT2D eigenvalue weighted by atomic mass is 10.1. The number of carbonyl (C=O) groups excluding carboxylic acids is 1. The average Bonchev–Trinajstić information content (AvgIpc) is 2.51. The largest absolute Gasteiger partial charge is 0.489 e. The minimum absolute atomic E-state index is 0.0551. The summed E-state index contributed by atoms with van der Waals surface area (Å²) in [5.74, 6) is 0.828. The van der Waals surface area contributed by atoms with E-state index in [-0.39, 0.29) is 12.1 Å². The Labute approximate surface area is 132 Å². The van der Waals surface area contributed by atoms with Gasteiger partial charge in [0.15, 0.2) is 0 Å². The van der Waals surface area contributed by atoms with Gasteiger partial charge in [-0.1, -0.05) is 19.1 Å². The van der Waals surface area contributed by atoms with Crippen LogP contribution >= 0.6 is 0 Å². The third kappa shape index (κ3) is 4.91. The van der Waals surface area contributed by atoms with Crippen molar-refractivity contribution in [3.63, 3.8) is 0 Å². The van der Waals surface area contributed by atoms with Crippen LogP contribution in [0.25, 0.3) is 0 Å². The first-order chi connectivity index (χ1) is 10.6. The quantitative estimate of drug-likeness (QED) is 0.877. The number of hydrogen-bond acceptors (Lipinski definition) is 3. The Balaban J connectivity index is 1.81. The van der Waals surface area contributed by atoms with Crippen molar-refractivity contribution in [3.8, 4) is 5.75 Å². The van der Waals surface area contributed by atoms with Crippen molar-refractivity contribution in [1.82, 2.24) is 10.2 Å². The minimum atomic E-state index is -0.398. The Morgan fingerprint density at radius 2 is 2.36 bits per heavy atom. The summed E-state index contributed by atoms with van der Waals surface area (Å²) in [6.45, 7) is 5.66. The highest BCUT2D eigenvalue weighted by atomic mass is 16.5. The van der Waals surface area contributed by atoms with E-state index in [4.69, 9.17) is 4.74 Å². The monoisotopic (exact) mass is 306 g/mol. The molecule has 0 aromatic heterocycles. The van der Waals surface area contributed by atoms with Crippen LogP contribution in [0.2, 0.25) is 0 Å². The van der Waals surface area contributed by atoms with Crippen molar-refractivity contribution >= 4 is 6.03 Å². The zero-order chi connectivity index (χ0) is 15.9. The molecule has 0 aliphatic carbocycles. The maximum absolute atomic E-state index is 12.1. The fraction of sp³-hybridized carbons (Fsp3) is 0.588. The Morgan fingerprint density at radius 1 is 1.55 bits per heavy atom. The first kappa shape index (κ1) is 16.6. The Bertz CT molecular complexity index is 493. The van der Waals surface area contributed by atoms with Gasteiger partial charge >= 0.3 is 6.03 Å². The predicted molar refractivity (Wildman–Crippen MR) is 86.1 cm³/mol. The van der Waals surface area contributed by atoms with Gasteiger partial charge in [0.2, 0.25) is 0 Å². The van der Waals surface area contributed by atoms with Crippen molar-refractivity contribution in [3.05, 3.63) is 29.8 Å². The second kappa shape index (κ2) is 8.03. The molecule has 5 heteroatoms. The number of likely N-dealkylation sites (tertiary alicyclic amines) is 1. The fourth-order valence-electron chi connectivity index (χ4n) is 2.60. The first-order valence-electron chi connectivity index (χ1n) is 8.02. The number of aliphatic hydroxyl groups excluding tert-OH is 1. The first-order valence-corrected chi connectivity index (χ1v) is 8.02. The molecule has 1 aromatic rings. The molecule has 2 amide bonds. The number of hydrogen-bond donors (Lipinski definition) is 2. The van der Waals surface area contributed by atoms with Crippen molar-refractivity contribution in [2.75, 3.05) is 19.6 Å². The molecule has 0 unspecified atom stereocenters. The number of amides is 2. The van der Waals surface area contributed by atoms with Crippen LogP contribution in [0, 0.1) is 6.92 Å². The van der Waals surface area contributed by atoms with Crippen molar-refractivity contribution in [1.29, 1.82) is 0 Å². The minimum Gasteiger partial charge on any atom is -0.489 e. The summed E-state index contributed by atoms with van der Waals surface area (Å²) < 4.78 is 5.92. The van der Waals surface area contributed by atoms with E-state index >= 15 is 0 Å². The Kier molecular flexibility index (Phi) is 6.07. The van der Waals surface area contributed by atoms with E-state index < -0.39 is 6.10 Å². The number of benzene rings is 1. The van der Waals surface area contributed by atoms with Gasteiger partial charge < -0.3 is 20.1 Å². The molecule has 1 aliphatic rings. The predicted octanol–water partition coefficient (Wildman–Crippen LogP) is 2.32. The van der Waals surface area contributed by atoms with Crippen LogP contribution in [0.1, 0.15) is 31.7 Å². The molecule has 2 atom stereocenters. The molecule has 2 rings (SSSR count). The summed E-state index contributed by atoms with van der Waals surface area (Å²) in [5.41, 5.74) is 1.15. The molecule has 1 fully saturated rings. The van der Waals surface area contributed by atoms with Crippen LogP contribution in [0.5, 0.6) is 5.75 Å². The third-order valence-corrected chi connectivity index (χ3v) is 3.91. The van der Waals surface area contributed by atoms with Crippen molar-refractivity contribution < 1.29 is 14.6 Å².